The van der Waals surface area contributed by atoms with Crippen molar-refractivity contribution in [1.29, 1.82) is 0 Å². The predicted octanol–water partition coefficient (Wildman–Crippen LogP) is 0.369. The molecule has 0 saturated heterocycles. The van der Waals surface area contributed by atoms with Crippen LogP contribution >= 0.6 is 12.6 Å². The van der Waals surface area contributed by atoms with E-state index < -0.39 is 0 Å². The van der Waals surface area contributed by atoms with Crippen LogP contribution in [0.1, 0.15) is 0 Å². The number of aromatic amines is 1. The highest BCUT2D eigenvalue weighted by Gasteiger charge is 1.92. The van der Waals surface area contributed by atoms with Crippen LogP contribution in [0.4, 0.5) is 0 Å². The molecule has 0 fully saturated rings. The number of H-pyrrole nitrogens is 1. The van der Waals surface area contributed by atoms with Gasteiger partial charge in [0.1, 0.15) is 0 Å². The van der Waals surface area contributed by atoms with E-state index in [9.17, 15) is 4.79 Å². The van der Waals surface area contributed by atoms with Gasteiger partial charge in [0.05, 0.1) is 4.90 Å². The molecule has 0 aromatic carbocycles. The average molecular weight is 143 g/mol. The Morgan fingerprint density at radius 2 is 2.22 bits per heavy atom. The first kappa shape index (κ1) is 6.22. The van der Waals surface area contributed by atoms with Crippen molar-refractivity contribution >= 4 is 12.6 Å². The second kappa shape index (κ2) is 2.14. The maximum Gasteiger partial charge on any atom is 0.250 e. The van der Waals surface area contributed by atoms with Gasteiger partial charge in [-0.2, -0.15) is 0 Å². The Morgan fingerprint density at radius 3 is 2.67 bits per heavy atom. The molecule has 0 radical (unpaired) electrons. The second-order valence-electron chi connectivity index (χ2n) is 1.56. The van der Waals surface area contributed by atoms with Gasteiger partial charge >= 0.3 is 0 Å². The zero-order valence-electron chi connectivity index (χ0n) is 4.46. The van der Waals surface area contributed by atoms with Crippen molar-refractivity contribution in [2.45, 2.75) is 4.90 Å². The highest BCUT2D eigenvalue weighted by Crippen LogP contribution is 2.12. The van der Waals surface area contributed by atoms with Gasteiger partial charge in [-0.05, 0) is 6.07 Å². The molecule has 4 heteroatoms. The number of aromatic hydroxyl groups is 1. The number of pyridine rings is 1. The third kappa shape index (κ3) is 1.26. The molecule has 1 aromatic rings. The number of aromatic nitrogens is 1. The van der Waals surface area contributed by atoms with E-state index >= 15 is 0 Å². The molecular formula is C5H5NO2S. The molecule has 1 heterocycles. The molecule has 0 unspecified atom stereocenters. The van der Waals surface area contributed by atoms with Crippen LogP contribution in [0.5, 0.6) is 5.88 Å². The van der Waals surface area contributed by atoms with E-state index in [1.807, 2.05) is 0 Å². The fourth-order valence-electron chi connectivity index (χ4n) is 0.456. The minimum absolute atomic E-state index is 0.189. The maximum atomic E-state index is 10.4. The predicted molar refractivity (Wildman–Crippen MR) is 36.0 cm³/mol. The van der Waals surface area contributed by atoms with Gasteiger partial charge in [0.15, 0.2) is 0 Å². The lowest BCUT2D eigenvalue weighted by Gasteiger charge is -1.91. The van der Waals surface area contributed by atoms with E-state index in [1.54, 1.807) is 0 Å². The van der Waals surface area contributed by atoms with Gasteiger partial charge in [-0.25, -0.2) is 0 Å². The first-order valence-corrected chi connectivity index (χ1v) is 2.76. The Kier molecular flexibility index (Phi) is 1.48. The van der Waals surface area contributed by atoms with Crippen LogP contribution in [0.3, 0.4) is 0 Å². The van der Waals surface area contributed by atoms with Gasteiger partial charge in [-0.1, -0.05) is 0 Å². The fourth-order valence-corrected chi connectivity index (χ4v) is 0.586. The molecule has 0 atom stereocenters. The zero-order valence-corrected chi connectivity index (χ0v) is 5.35. The van der Waals surface area contributed by atoms with Crippen molar-refractivity contribution in [2.75, 3.05) is 0 Å². The maximum absolute atomic E-state index is 10.4. The Bertz CT molecular complexity index is 268. The Labute approximate surface area is 56.8 Å². The molecular weight excluding hydrogens is 138 g/mol. The minimum Gasteiger partial charge on any atom is -0.494 e. The van der Waals surface area contributed by atoms with Gasteiger partial charge in [-0.15, -0.1) is 12.6 Å². The summed E-state index contributed by atoms with van der Waals surface area (Å²) in [5.74, 6) is -0.189. The highest BCUT2D eigenvalue weighted by atomic mass is 32.1. The quantitative estimate of drug-likeness (QED) is 0.459. The smallest absolute Gasteiger partial charge is 0.250 e. The van der Waals surface area contributed by atoms with Gasteiger partial charge in [0.2, 0.25) is 5.88 Å². The number of hydrogen-bond donors (Lipinski definition) is 3. The fraction of sp³-hybridized carbons (Fsp3) is 0. The third-order valence-corrected chi connectivity index (χ3v) is 1.24. The van der Waals surface area contributed by atoms with Crippen LogP contribution in [-0.4, -0.2) is 10.1 Å². The van der Waals surface area contributed by atoms with Crippen LogP contribution in [0.15, 0.2) is 21.8 Å². The van der Waals surface area contributed by atoms with Crippen LogP contribution in [0, 0.1) is 0 Å². The van der Waals surface area contributed by atoms with Crippen LogP contribution < -0.4 is 5.56 Å². The molecule has 0 bridgehead atoms. The molecule has 3 nitrogen and oxygen atoms in total. The van der Waals surface area contributed by atoms with Gasteiger partial charge in [-0.3, -0.25) is 9.78 Å². The summed E-state index contributed by atoms with van der Waals surface area (Å²) in [6.45, 7) is 0. The standard InChI is InChI=1S/C5H5NO2S/c7-4-2-1-3(9)5(8)6-4/h1-2,9H,(H2,6,7,8). The molecule has 0 aliphatic carbocycles. The van der Waals surface area contributed by atoms with Crippen molar-refractivity contribution < 1.29 is 5.11 Å². The molecule has 48 valence electrons. The summed E-state index contributed by atoms with van der Waals surface area (Å²) >= 11 is 3.82. The summed E-state index contributed by atoms with van der Waals surface area (Å²) in [6.07, 6.45) is 0. The lowest BCUT2D eigenvalue weighted by molar-refractivity contribution is 0.438. The molecule has 0 aliphatic rings. The average Bonchev–Trinajstić information content (AvgIpc) is 1.80. The molecule has 0 saturated carbocycles. The molecule has 1 aromatic heterocycles. The topological polar surface area (TPSA) is 53.1 Å². The summed E-state index contributed by atoms with van der Waals surface area (Å²) < 4.78 is 0. The Morgan fingerprint density at radius 1 is 1.56 bits per heavy atom. The molecule has 2 N–H and O–H groups in total. The molecule has 1 rings (SSSR count). The summed E-state index contributed by atoms with van der Waals surface area (Å²) in [5, 5.41) is 8.77. The first-order chi connectivity index (χ1) is 4.20. The summed E-state index contributed by atoms with van der Waals surface area (Å²) in [6, 6.07) is 2.72. The van der Waals surface area contributed by atoms with Crippen LogP contribution in [0.2, 0.25) is 0 Å². The van der Waals surface area contributed by atoms with Gasteiger partial charge in [0, 0.05) is 6.07 Å². The summed E-state index contributed by atoms with van der Waals surface area (Å²) in [5.41, 5.74) is -0.328. The van der Waals surface area contributed by atoms with E-state index in [1.165, 1.54) is 12.1 Å². The molecule has 0 amide bonds. The first-order valence-electron chi connectivity index (χ1n) is 2.31. The van der Waals surface area contributed by atoms with Crippen molar-refractivity contribution in [3.8, 4) is 5.88 Å². The van der Waals surface area contributed by atoms with E-state index in [2.05, 4.69) is 17.6 Å². The van der Waals surface area contributed by atoms with Crippen LogP contribution in [-0.2, 0) is 0 Å². The zero-order chi connectivity index (χ0) is 6.85. The van der Waals surface area contributed by atoms with E-state index in [0.29, 0.717) is 4.90 Å². The molecule has 9 heavy (non-hydrogen) atoms. The van der Waals surface area contributed by atoms with E-state index in [4.69, 9.17) is 5.11 Å². The second-order valence-corrected chi connectivity index (χ2v) is 2.04. The number of thiol groups is 1. The van der Waals surface area contributed by atoms with Gasteiger partial charge in [0.25, 0.3) is 5.56 Å². The number of nitrogens with one attached hydrogen (secondary N) is 1. The lowest BCUT2D eigenvalue weighted by atomic mass is 10.5. The molecule has 0 aliphatic heterocycles. The van der Waals surface area contributed by atoms with E-state index in [0.717, 1.165) is 0 Å². The third-order valence-electron chi connectivity index (χ3n) is 0.877. The summed E-state index contributed by atoms with van der Waals surface area (Å²) in [4.78, 5) is 12.9. The van der Waals surface area contributed by atoms with Crippen LogP contribution in [0.25, 0.3) is 0 Å². The SMILES string of the molecule is O=c1ccc(S)c(O)[nH]1. The monoisotopic (exact) mass is 143 g/mol. The normalized spacial score (nSPS) is 9.44. The Balaban J connectivity index is 3.34. The number of hydrogen-bond acceptors (Lipinski definition) is 3. The molecule has 0 spiro atoms. The number of rotatable bonds is 0. The van der Waals surface area contributed by atoms with Crippen molar-refractivity contribution in [3.05, 3.63) is 22.5 Å². The summed E-state index contributed by atoms with van der Waals surface area (Å²) in [7, 11) is 0. The largest absolute Gasteiger partial charge is 0.494 e. The highest BCUT2D eigenvalue weighted by molar-refractivity contribution is 7.80. The van der Waals surface area contributed by atoms with Crippen molar-refractivity contribution in [2.24, 2.45) is 0 Å². The minimum atomic E-state index is -0.328. The lowest BCUT2D eigenvalue weighted by Crippen LogP contribution is -2.01. The van der Waals surface area contributed by atoms with E-state index in [-0.39, 0.29) is 11.4 Å². The van der Waals surface area contributed by atoms with Crippen molar-refractivity contribution in [3.63, 3.8) is 0 Å². The Hall–Kier alpha value is -0.900. The van der Waals surface area contributed by atoms with Crippen molar-refractivity contribution in [1.82, 2.24) is 4.98 Å². The van der Waals surface area contributed by atoms with Gasteiger partial charge < -0.3 is 5.11 Å².